The van der Waals surface area contributed by atoms with Gasteiger partial charge in [-0.2, -0.15) is 0 Å². The minimum atomic E-state index is 0.424. The lowest BCUT2D eigenvalue weighted by atomic mass is 10.1. The van der Waals surface area contributed by atoms with Crippen molar-refractivity contribution in [2.45, 2.75) is 63.9 Å². The third-order valence-corrected chi connectivity index (χ3v) is 2.99. The molecule has 1 saturated heterocycles. The summed E-state index contributed by atoms with van der Waals surface area (Å²) in [7, 11) is 0. The van der Waals surface area contributed by atoms with Crippen molar-refractivity contribution >= 4 is 0 Å². The molecule has 1 aliphatic rings. The van der Waals surface area contributed by atoms with E-state index in [9.17, 15) is 0 Å². The number of epoxide rings is 1. The smallest absolute Gasteiger partial charge is 0.104 e. The normalized spacial score (nSPS) is 18.9. The fourth-order valence-electron chi connectivity index (χ4n) is 1.82. The quantitative estimate of drug-likeness (QED) is 0.374. The Morgan fingerprint density at radius 2 is 1.50 bits per heavy atom. The fourth-order valence-corrected chi connectivity index (χ4v) is 1.82. The molecule has 0 spiro atoms. The van der Waals surface area contributed by atoms with Crippen LogP contribution in [0.2, 0.25) is 0 Å². The predicted octanol–water partition coefficient (Wildman–Crippen LogP) is 3.75. The van der Waals surface area contributed by atoms with Gasteiger partial charge >= 0.3 is 0 Å². The van der Waals surface area contributed by atoms with Crippen molar-refractivity contribution in [1.82, 2.24) is 0 Å². The van der Waals surface area contributed by atoms with Gasteiger partial charge in [0, 0.05) is 6.61 Å². The molecular formula is C14H27O2. The molecule has 0 aliphatic carbocycles. The molecule has 0 aromatic heterocycles. The van der Waals surface area contributed by atoms with Crippen molar-refractivity contribution in [2.24, 2.45) is 0 Å². The van der Waals surface area contributed by atoms with Gasteiger partial charge in [-0.25, -0.2) is 0 Å². The summed E-state index contributed by atoms with van der Waals surface area (Å²) in [4.78, 5) is 0. The van der Waals surface area contributed by atoms with Gasteiger partial charge in [-0.05, 0) is 6.42 Å². The Morgan fingerprint density at radius 3 is 2.06 bits per heavy atom. The second-order valence-electron chi connectivity index (χ2n) is 4.71. The van der Waals surface area contributed by atoms with E-state index in [0.717, 1.165) is 26.2 Å². The van der Waals surface area contributed by atoms with E-state index in [1.54, 1.807) is 0 Å². The maximum atomic E-state index is 5.49. The summed E-state index contributed by atoms with van der Waals surface area (Å²) in [6.45, 7) is 6.49. The first-order chi connectivity index (χ1) is 7.93. The van der Waals surface area contributed by atoms with Gasteiger partial charge in [0.1, 0.15) is 6.10 Å². The van der Waals surface area contributed by atoms with Crippen LogP contribution in [0.15, 0.2) is 0 Å². The molecule has 0 saturated carbocycles. The van der Waals surface area contributed by atoms with Crippen LogP contribution < -0.4 is 0 Å². The van der Waals surface area contributed by atoms with Crippen molar-refractivity contribution in [1.29, 1.82) is 0 Å². The Balaban J connectivity index is 1.61. The molecule has 0 aromatic rings. The third kappa shape index (κ3) is 9.17. The minimum absolute atomic E-state index is 0.424. The Morgan fingerprint density at radius 1 is 0.938 bits per heavy atom. The van der Waals surface area contributed by atoms with Crippen molar-refractivity contribution in [3.63, 3.8) is 0 Å². The summed E-state index contributed by atoms with van der Waals surface area (Å²) in [5.41, 5.74) is 0. The van der Waals surface area contributed by atoms with E-state index in [4.69, 9.17) is 9.47 Å². The second kappa shape index (κ2) is 10.1. The zero-order valence-electron chi connectivity index (χ0n) is 10.6. The molecule has 2 nitrogen and oxygen atoms in total. The van der Waals surface area contributed by atoms with Gasteiger partial charge in [0.05, 0.1) is 13.2 Å². The minimum Gasteiger partial charge on any atom is -0.379 e. The van der Waals surface area contributed by atoms with Crippen molar-refractivity contribution in [3.05, 3.63) is 6.92 Å². The number of unbranched alkanes of at least 4 members (excludes halogenated alkanes) is 8. The van der Waals surface area contributed by atoms with Crippen LogP contribution in [0, 0.1) is 6.92 Å². The molecule has 0 N–H and O–H groups in total. The highest BCUT2D eigenvalue weighted by Crippen LogP contribution is 2.11. The Labute approximate surface area is 101 Å². The summed E-state index contributed by atoms with van der Waals surface area (Å²) in [5.74, 6) is 0. The van der Waals surface area contributed by atoms with Crippen LogP contribution in [0.25, 0.3) is 0 Å². The largest absolute Gasteiger partial charge is 0.379 e. The van der Waals surface area contributed by atoms with Crippen molar-refractivity contribution in [3.8, 4) is 0 Å². The Bertz CT molecular complexity index is 144. The van der Waals surface area contributed by atoms with Gasteiger partial charge in [-0.3, -0.25) is 0 Å². The van der Waals surface area contributed by atoms with Crippen LogP contribution in [-0.2, 0) is 9.47 Å². The van der Waals surface area contributed by atoms with E-state index in [0.29, 0.717) is 6.10 Å². The maximum Gasteiger partial charge on any atom is 0.104 e. The van der Waals surface area contributed by atoms with Crippen LogP contribution in [0.4, 0.5) is 0 Å². The molecule has 1 atom stereocenters. The first kappa shape index (κ1) is 14.0. The summed E-state index contributed by atoms with van der Waals surface area (Å²) in [5, 5.41) is 0. The molecule has 2 heteroatoms. The molecule has 1 rings (SSSR count). The van der Waals surface area contributed by atoms with Gasteiger partial charge in [0.15, 0.2) is 0 Å². The number of hydrogen-bond donors (Lipinski definition) is 0. The van der Waals surface area contributed by atoms with Crippen LogP contribution in [0.5, 0.6) is 0 Å². The van der Waals surface area contributed by atoms with Crippen molar-refractivity contribution < 1.29 is 9.47 Å². The van der Waals surface area contributed by atoms with Crippen LogP contribution in [-0.4, -0.2) is 25.9 Å². The zero-order chi connectivity index (χ0) is 11.5. The van der Waals surface area contributed by atoms with E-state index >= 15 is 0 Å². The fraction of sp³-hybridized carbons (Fsp3) is 0.929. The highest BCUT2D eigenvalue weighted by Gasteiger charge is 2.21. The molecule has 1 fully saturated rings. The SMILES string of the molecule is [CH2]CCCCCCCCCCOCC1CO1. The summed E-state index contributed by atoms with van der Waals surface area (Å²) >= 11 is 0. The third-order valence-electron chi connectivity index (χ3n) is 2.99. The van der Waals surface area contributed by atoms with Gasteiger partial charge in [0.25, 0.3) is 0 Å². The van der Waals surface area contributed by atoms with E-state index in [2.05, 4.69) is 6.92 Å². The van der Waals surface area contributed by atoms with Crippen LogP contribution >= 0.6 is 0 Å². The number of hydrogen-bond acceptors (Lipinski definition) is 2. The highest BCUT2D eigenvalue weighted by atomic mass is 16.6. The molecule has 0 amide bonds. The van der Waals surface area contributed by atoms with Gasteiger partial charge in [-0.15, -0.1) is 0 Å². The first-order valence-electron chi connectivity index (χ1n) is 6.92. The second-order valence-corrected chi connectivity index (χ2v) is 4.71. The summed E-state index contributed by atoms with van der Waals surface area (Å²) < 4.78 is 10.6. The standard InChI is InChI=1S/C14H27O2/c1-2-3-4-5-6-7-8-9-10-11-15-12-14-13-16-14/h14H,1-13H2. The number of rotatable bonds is 12. The van der Waals surface area contributed by atoms with E-state index in [-0.39, 0.29) is 0 Å². The summed E-state index contributed by atoms with van der Waals surface area (Å²) in [6.07, 6.45) is 12.3. The topological polar surface area (TPSA) is 21.8 Å². The molecule has 1 unspecified atom stereocenters. The maximum absolute atomic E-state index is 5.49. The van der Waals surface area contributed by atoms with E-state index in [1.807, 2.05) is 0 Å². The van der Waals surface area contributed by atoms with Crippen LogP contribution in [0.1, 0.15) is 57.8 Å². The van der Waals surface area contributed by atoms with Gasteiger partial charge < -0.3 is 9.47 Å². The first-order valence-corrected chi connectivity index (χ1v) is 6.92. The Hall–Kier alpha value is -0.0800. The monoisotopic (exact) mass is 227 g/mol. The molecule has 95 valence electrons. The zero-order valence-corrected chi connectivity index (χ0v) is 10.6. The molecule has 1 radical (unpaired) electrons. The van der Waals surface area contributed by atoms with Gasteiger partial charge in [0.2, 0.25) is 0 Å². The lowest BCUT2D eigenvalue weighted by molar-refractivity contribution is 0.113. The summed E-state index contributed by atoms with van der Waals surface area (Å²) in [6, 6.07) is 0. The van der Waals surface area contributed by atoms with E-state index in [1.165, 1.54) is 51.4 Å². The highest BCUT2D eigenvalue weighted by molar-refractivity contribution is 4.66. The van der Waals surface area contributed by atoms with E-state index < -0.39 is 0 Å². The lowest BCUT2D eigenvalue weighted by Gasteiger charge is -2.03. The average molecular weight is 227 g/mol. The number of ether oxygens (including phenoxy) is 2. The molecular weight excluding hydrogens is 200 g/mol. The average Bonchev–Trinajstić information content (AvgIpc) is 3.10. The molecule has 1 aliphatic heterocycles. The lowest BCUT2D eigenvalue weighted by Crippen LogP contribution is -2.02. The van der Waals surface area contributed by atoms with Crippen molar-refractivity contribution in [2.75, 3.05) is 19.8 Å². The molecule has 0 bridgehead atoms. The molecule has 1 heterocycles. The van der Waals surface area contributed by atoms with Gasteiger partial charge in [-0.1, -0.05) is 58.3 Å². The Kier molecular flexibility index (Phi) is 8.83. The van der Waals surface area contributed by atoms with Crippen LogP contribution in [0.3, 0.4) is 0 Å². The molecule has 0 aromatic carbocycles. The molecule has 16 heavy (non-hydrogen) atoms. The predicted molar refractivity (Wildman–Crippen MR) is 67.5 cm³/mol.